The molecule has 1 amide bonds. The number of amides is 1. The van der Waals surface area contributed by atoms with Crippen LogP contribution in [0.25, 0.3) is 5.69 Å². The van der Waals surface area contributed by atoms with E-state index >= 15 is 0 Å². The first-order chi connectivity index (χ1) is 17.1. The predicted molar refractivity (Wildman–Crippen MR) is 132 cm³/mol. The molecule has 3 aromatic carbocycles. The fourth-order valence-electron chi connectivity index (χ4n) is 3.27. The summed E-state index contributed by atoms with van der Waals surface area (Å²) >= 11 is 1.26. The van der Waals surface area contributed by atoms with Crippen molar-refractivity contribution >= 4 is 17.7 Å². The smallest absolute Gasteiger partial charge is 0.230 e. The Morgan fingerprint density at radius 3 is 2.60 bits per heavy atom. The van der Waals surface area contributed by atoms with Gasteiger partial charge in [0.25, 0.3) is 0 Å². The van der Waals surface area contributed by atoms with Crippen LogP contribution in [-0.2, 0) is 11.4 Å². The highest BCUT2D eigenvalue weighted by molar-refractivity contribution is 7.99. The zero-order chi connectivity index (χ0) is 24.5. The third-order valence-corrected chi connectivity index (χ3v) is 5.85. The van der Waals surface area contributed by atoms with Crippen molar-refractivity contribution in [3.05, 3.63) is 96.1 Å². The number of nitrogens with zero attached hydrogens (tertiary/aromatic N) is 3. The molecular formula is C26H25FN4O3S. The lowest BCUT2D eigenvalue weighted by Gasteiger charge is -2.11. The van der Waals surface area contributed by atoms with E-state index in [2.05, 4.69) is 15.5 Å². The molecule has 0 radical (unpaired) electrons. The van der Waals surface area contributed by atoms with Crippen molar-refractivity contribution in [2.24, 2.45) is 0 Å². The third kappa shape index (κ3) is 6.83. The van der Waals surface area contributed by atoms with Crippen LogP contribution in [-0.4, -0.2) is 39.6 Å². The summed E-state index contributed by atoms with van der Waals surface area (Å²) in [7, 11) is 0. The summed E-state index contributed by atoms with van der Waals surface area (Å²) < 4.78 is 27.0. The van der Waals surface area contributed by atoms with E-state index in [4.69, 9.17) is 9.47 Å². The number of benzene rings is 3. The second-order valence-electron chi connectivity index (χ2n) is 7.59. The van der Waals surface area contributed by atoms with Crippen molar-refractivity contribution in [1.29, 1.82) is 0 Å². The lowest BCUT2D eigenvalue weighted by Crippen LogP contribution is -2.29. The summed E-state index contributed by atoms with van der Waals surface area (Å²) in [6.07, 6.45) is 0. The van der Waals surface area contributed by atoms with Gasteiger partial charge in [0, 0.05) is 5.69 Å². The van der Waals surface area contributed by atoms with Crippen LogP contribution in [0.5, 0.6) is 11.5 Å². The summed E-state index contributed by atoms with van der Waals surface area (Å²) in [5.74, 6) is 0.967. The van der Waals surface area contributed by atoms with E-state index in [-0.39, 0.29) is 24.0 Å². The zero-order valence-corrected chi connectivity index (χ0v) is 20.0. The first-order valence-corrected chi connectivity index (χ1v) is 12.0. The minimum absolute atomic E-state index is 0.0197. The van der Waals surface area contributed by atoms with Gasteiger partial charge >= 0.3 is 0 Å². The van der Waals surface area contributed by atoms with E-state index in [0.717, 1.165) is 17.0 Å². The zero-order valence-electron chi connectivity index (χ0n) is 19.2. The van der Waals surface area contributed by atoms with Gasteiger partial charge in [-0.2, -0.15) is 0 Å². The van der Waals surface area contributed by atoms with Gasteiger partial charge in [0.2, 0.25) is 5.91 Å². The van der Waals surface area contributed by atoms with Gasteiger partial charge in [-0.05, 0) is 48.9 Å². The number of para-hydroxylation sites is 2. The largest absolute Gasteiger partial charge is 0.492 e. The minimum atomic E-state index is -0.448. The number of aryl methyl sites for hydroxylation is 1. The molecule has 180 valence electrons. The molecule has 0 bridgehead atoms. The molecule has 0 aliphatic carbocycles. The van der Waals surface area contributed by atoms with E-state index in [1.165, 1.54) is 17.8 Å². The van der Waals surface area contributed by atoms with Crippen LogP contribution in [0, 0.1) is 12.7 Å². The maximum Gasteiger partial charge on any atom is 0.230 e. The van der Waals surface area contributed by atoms with Crippen LogP contribution in [0.15, 0.2) is 84.0 Å². The molecule has 0 fully saturated rings. The average Bonchev–Trinajstić information content (AvgIpc) is 3.28. The molecule has 0 saturated heterocycles. The first kappa shape index (κ1) is 24.3. The quantitative estimate of drug-likeness (QED) is 0.244. The predicted octanol–water partition coefficient (Wildman–Crippen LogP) is 4.58. The van der Waals surface area contributed by atoms with Gasteiger partial charge < -0.3 is 14.8 Å². The normalized spacial score (nSPS) is 10.7. The van der Waals surface area contributed by atoms with Crippen molar-refractivity contribution in [2.45, 2.75) is 18.7 Å². The Bertz CT molecular complexity index is 1270. The van der Waals surface area contributed by atoms with Crippen LogP contribution in [0.1, 0.15) is 11.4 Å². The van der Waals surface area contributed by atoms with E-state index in [1.54, 1.807) is 22.8 Å². The van der Waals surface area contributed by atoms with E-state index in [0.29, 0.717) is 24.1 Å². The van der Waals surface area contributed by atoms with E-state index in [1.807, 2.05) is 61.5 Å². The van der Waals surface area contributed by atoms with Crippen molar-refractivity contribution < 1.29 is 18.7 Å². The molecule has 0 unspecified atom stereocenters. The highest BCUT2D eigenvalue weighted by atomic mass is 32.2. The highest BCUT2D eigenvalue weighted by Gasteiger charge is 2.17. The lowest BCUT2D eigenvalue weighted by atomic mass is 10.2. The Hall–Kier alpha value is -3.85. The van der Waals surface area contributed by atoms with Gasteiger partial charge in [-0.3, -0.25) is 9.36 Å². The van der Waals surface area contributed by atoms with Crippen LogP contribution in [0.4, 0.5) is 4.39 Å². The molecule has 1 aromatic heterocycles. The topological polar surface area (TPSA) is 78.3 Å². The molecule has 7 nitrogen and oxygen atoms in total. The number of hydrogen-bond donors (Lipinski definition) is 1. The highest BCUT2D eigenvalue weighted by Crippen LogP contribution is 2.24. The molecule has 0 aliphatic heterocycles. The number of hydrogen-bond acceptors (Lipinski definition) is 6. The van der Waals surface area contributed by atoms with Crippen LogP contribution in [0.2, 0.25) is 0 Å². The van der Waals surface area contributed by atoms with Gasteiger partial charge in [-0.15, -0.1) is 10.2 Å². The van der Waals surface area contributed by atoms with E-state index < -0.39 is 5.82 Å². The standard InChI is InChI=1S/C26H25FN4O3S/c1-19-8-7-11-21(16-19)33-15-14-28-25(32)18-35-26-30-29-24(31(26)20-9-3-2-4-10-20)17-34-23-13-6-5-12-22(23)27/h2-13,16H,14-15,17-18H2,1H3,(H,28,32). The van der Waals surface area contributed by atoms with Crippen LogP contribution >= 0.6 is 11.8 Å². The molecule has 9 heteroatoms. The summed E-state index contributed by atoms with van der Waals surface area (Å²) in [5.41, 5.74) is 1.93. The molecule has 0 spiro atoms. The molecule has 1 heterocycles. The summed E-state index contributed by atoms with van der Waals surface area (Å²) in [5, 5.41) is 11.8. The minimum Gasteiger partial charge on any atom is -0.492 e. The second-order valence-corrected chi connectivity index (χ2v) is 8.53. The van der Waals surface area contributed by atoms with Crippen molar-refractivity contribution in [3.63, 3.8) is 0 Å². The number of thioether (sulfide) groups is 1. The second kappa shape index (κ2) is 12.0. The Labute approximate surface area is 207 Å². The first-order valence-electron chi connectivity index (χ1n) is 11.1. The molecular weight excluding hydrogens is 467 g/mol. The number of carbonyl (C=O) groups is 1. The van der Waals surface area contributed by atoms with Gasteiger partial charge in [-0.25, -0.2) is 4.39 Å². The summed E-state index contributed by atoms with van der Waals surface area (Å²) in [4.78, 5) is 12.4. The SMILES string of the molecule is Cc1cccc(OCCNC(=O)CSc2nnc(COc3ccccc3F)n2-c2ccccc2)c1. The Balaban J connectivity index is 1.35. The fraction of sp³-hybridized carbons (Fsp3) is 0.192. The summed E-state index contributed by atoms with van der Waals surface area (Å²) in [6.45, 7) is 2.78. The van der Waals surface area contributed by atoms with Crippen molar-refractivity contribution in [2.75, 3.05) is 18.9 Å². The maximum absolute atomic E-state index is 13.9. The van der Waals surface area contributed by atoms with Crippen molar-refractivity contribution in [3.8, 4) is 17.2 Å². The van der Waals surface area contributed by atoms with Gasteiger partial charge in [-0.1, -0.05) is 54.2 Å². The molecule has 4 aromatic rings. The lowest BCUT2D eigenvalue weighted by molar-refractivity contribution is -0.118. The number of rotatable bonds is 11. The maximum atomic E-state index is 13.9. The molecule has 0 aliphatic rings. The molecule has 1 N–H and O–H groups in total. The number of carbonyl (C=O) groups excluding carboxylic acids is 1. The Morgan fingerprint density at radius 2 is 1.80 bits per heavy atom. The monoisotopic (exact) mass is 492 g/mol. The molecule has 4 rings (SSSR count). The number of ether oxygens (including phenoxy) is 2. The summed E-state index contributed by atoms with van der Waals surface area (Å²) in [6, 6.07) is 23.5. The van der Waals surface area contributed by atoms with Crippen LogP contribution < -0.4 is 14.8 Å². The molecule has 0 atom stereocenters. The van der Waals surface area contributed by atoms with E-state index in [9.17, 15) is 9.18 Å². The fourth-order valence-corrected chi connectivity index (χ4v) is 4.07. The molecule has 0 saturated carbocycles. The van der Waals surface area contributed by atoms with Gasteiger partial charge in [0.1, 0.15) is 19.0 Å². The Kier molecular flexibility index (Phi) is 8.34. The third-order valence-electron chi connectivity index (χ3n) is 4.92. The molecule has 35 heavy (non-hydrogen) atoms. The number of nitrogens with one attached hydrogen (secondary N) is 1. The average molecular weight is 493 g/mol. The Morgan fingerprint density at radius 1 is 1.00 bits per heavy atom. The number of aromatic nitrogens is 3. The number of halogens is 1. The van der Waals surface area contributed by atoms with Gasteiger partial charge in [0.05, 0.1) is 12.3 Å². The van der Waals surface area contributed by atoms with Gasteiger partial charge in [0.15, 0.2) is 22.5 Å². The van der Waals surface area contributed by atoms with Crippen LogP contribution in [0.3, 0.4) is 0 Å². The van der Waals surface area contributed by atoms with Crippen molar-refractivity contribution in [1.82, 2.24) is 20.1 Å².